The van der Waals surface area contributed by atoms with Gasteiger partial charge in [-0.1, -0.05) is 37.6 Å². The van der Waals surface area contributed by atoms with E-state index in [0.29, 0.717) is 6.61 Å². The number of benzene rings is 1. The number of carbonyl (C=O) groups is 1. The predicted molar refractivity (Wildman–Crippen MR) is 74.2 cm³/mol. The van der Waals surface area contributed by atoms with Gasteiger partial charge in [0.05, 0.1) is 6.61 Å². The van der Waals surface area contributed by atoms with Crippen molar-refractivity contribution in [3.8, 4) is 0 Å². The highest BCUT2D eigenvalue weighted by atomic mass is 16.5. The standard InChI is InChI=1S/C15H21NO2/c1-2-15(17)18-12-8-4-3-5-9-13-10-6-7-11-14(13)16/h2,6-7,10-11H,1,3-5,8-9,12,16H2. The third kappa shape index (κ3) is 5.53. The van der Waals surface area contributed by atoms with E-state index in [9.17, 15) is 4.79 Å². The second-order valence-corrected chi connectivity index (χ2v) is 4.23. The Hall–Kier alpha value is -1.77. The van der Waals surface area contributed by atoms with Gasteiger partial charge in [0.15, 0.2) is 0 Å². The Morgan fingerprint density at radius 3 is 2.67 bits per heavy atom. The van der Waals surface area contributed by atoms with Gasteiger partial charge in [0, 0.05) is 11.8 Å². The Kier molecular flexibility index (Phi) is 6.62. The van der Waals surface area contributed by atoms with Crippen molar-refractivity contribution in [3.05, 3.63) is 42.5 Å². The average molecular weight is 247 g/mol. The molecule has 0 aromatic heterocycles. The first-order chi connectivity index (χ1) is 8.74. The van der Waals surface area contributed by atoms with Gasteiger partial charge in [-0.15, -0.1) is 0 Å². The fourth-order valence-electron chi connectivity index (χ4n) is 1.76. The minimum Gasteiger partial charge on any atom is -0.463 e. The summed E-state index contributed by atoms with van der Waals surface area (Å²) in [5, 5.41) is 0. The Labute approximate surface area is 109 Å². The monoisotopic (exact) mass is 247 g/mol. The molecule has 0 atom stereocenters. The topological polar surface area (TPSA) is 52.3 Å². The molecule has 0 saturated carbocycles. The molecule has 1 aromatic rings. The van der Waals surface area contributed by atoms with Crippen LogP contribution in [-0.2, 0) is 16.0 Å². The minimum atomic E-state index is -0.341. The highest BCUT2D eigenvalue weighted by Crippen LogP contribution is 2.14. The molecule has 2 N–H and O–H groups in total. The lowest BCUT2D eigenvalue weighted by molar-refractivity contribution is -0.137. The molecule has 0 aliphatic heterocycles. The first-order valence-corrected chi connectivity index (χ1v) is 6.36. The fourth-order valence-corrected chi connectivity index (χ4v) is 1.76. The number of nitrogen functional groups attached to an aromatic ring is 1. The second kappa shape index (κ2) is 8.34. The lowest BCUT2D eigenvalue weighted by Gasteiger charge is -2.05. The van der Waals surface area contributed by atoms with Gasteiger partial charge in [-0.25, -0.2) is 4.79 Å². The summed E-state index contributed by atoms with van der Waals surface area (Å²) in [5.74, 6) is -0.341. The van der Waals surface area contributed by atoms with Crippen LogP contribution in [0.4, 0.5) is 5.69 Å². The van der Waals surface area contributed by atoms with Gasteiger partial charge in [-0.05, 0) is 30.9 Å². The van der Waals surface area contributed by atoms with Crippen LogP contribution in [0.3, 0.4) is 0 Å². The van der Waals surface area contributed by atoms with Crippen molar-refractivity contribution in [2.75, 3.05) is 12.3 Å². The molecular formula is C15H21NO2. The Morgan fingerprint density at radius 2 is 1.94 bits per heavy atom. The summed E-state index contributed by atoms with van der Waals surface area (Å²) in [4.78, 5) is 10.8. The van der Waals surface area contributed by atoms with Crippen LogP contribution in [0.2, 0.25) is 0 Å². The van der Waals surface area contributed by atoms with Crippen LogP contribution in [0.15, 0.2) is 36.9 Å². The molecule has 0 radical (unpaired) electrons. The number of ether oxygens (including phenoxy) is 1. The number of anilines is 1. The van der Waals surface area contributed by atoms with Gasteiger partial charge >= 0.3 is 5.97 Å². The Morgan fingerprint density at radius 1 is 1.22 bits per heavy atom. The molecule has 1 rings (SSSR count). The van der Waals surface area contributed by atoms with E-state index in [-0.39, 0.29) is 5.97 Å². The summed E-state index contributed by atoms with van der Waals surface area (Å²) < 4.78 is 4.90. The zero-order valence-electron chi connectivity index (χ0n) is 10.7. The summed E-state index contributed by atoms with van der Waals surface area (Å²) in [7, 11) is 0. The van der Waals surface area contributed by atoms with Crippen molar-refractivity contribution in [1.29, 1.82) is 0 Å². The van der Waals surface area contributed by atoms with Crippen molar-refractivity contribution in [1.82, 2.24) is 0 Å². The SMILES string of the molecule is C=CC(=O)OCCCCCCc1ccccc1N. The molecule has 0 unspecified atom stereocenters. The summed E-state index contributed by atoms with van der Waals surface area (Å²) in [6, 6.07) is 7.97. The van der Waals surface area contributed by atoms with Gasteiger partial charge in [-0.2, -0.15) is 0 Å². The van der Waals surface area contributed by atoms with Gasteiger partial charge in [0.25, 0.3) is 0 Å². The molecule has 0 aliphatic carbocycles. The molecule has 0 spiro atoms. The normalized spacial score (nSPS) is 10.0. The van der Waals surface area contributed by atoms with E-state index in [0.717, 1.165) is 37.8 Å². The number of nitrogens with two attached hydrogens (primary N) is 1. The molecule has 0 aliphatic rings. The van der Waals surface area contributed by atoms with E-state index >= 15 is 0 Å². The van der Waals surface area contributed by atoms with E-state index in [1.807, 2.05) is 18.2 Å². The molecule has 3 heteroatoms. The van der Waals surface area contributed by atoms with E-state index in [1.54, 1.807) is 0 Å². The number of hydrogen-bond acceptors (Lipinski definition) is 3. The first-order valence-electron chi connectivity index (χ1n) is 6.36. The smallest absolute Gasteiger partial charge is 0.330 e. The predicted octanol–water partition coefficient (Wildman–Crippen LogP) is 3.10. The largest absolute Gasteiger partial charge is 0.463 e. The van der Waals surface area contributed by atoms with Crippen molar-refractivity contribution >= 4 is 11.7 Å². The summed E-state index contributed by atoms with van der Waals surface area (Å²) >= 11 is 0. The summed E-state index contributed by atoms with van der Waals surface area (Å²) in [6.07, 6.45) is 6.42. The quantitative estimate of drug-likeness (QED) is 0.332. The lowest BCUT2D eigenvalue weighted by atomic mass is 10.0. The first kappa shape index (κ1) is 14.3. The lowest BCUT2D eigenvalue weighted by Crippen LogP contribution is -2.01. The molecule has 1 aromatic carbocycles. The summed E-state index contributed by atoms with van der Waals surface area (Å²) in [6.45, 7) is 3.83. The average Bonchev–Trinajstić information content (AvgIpc) is 2.39. The highest BCUT2D eigenvalue weighted by Gasteiger charge is 1.98. The number of hydrogen-bond donors (Lipinski definition) is 1. The van der Waals surface area contributed by atoms with Crippen LogP contribution < -0.4 is 5.73 Å². The number of para-hydroxylation sites is 1. The molecule has 0 saturated heterocycles. The van der Waals surface area contributed by atoms with Crippen molar-refractivity contribution in [3.63, 3.8) is 0 Å². The second-order valence-electron chi connectivity index (χ2n) is 4.23. The third-order valence-electron chi connectivity index (χ3n) is 2.81. The number of rotatable bonds is 8. The van der Waals surface area contributed by atoms with Crippen LogP contribution in [-0.4, -0.2) is 12.6 Å². The maximum atomic E-state index is 10.8. The van der Waals surface area contributed by atoms with Gasteiger partial charge < -0.3 is 10.5 Å². The third-order valence-corrected chi connectivity index (χ3v) is 2.81. The van der Waals surface area contributed by atoms with E-state index in [2.05, 4.69) is 12.6 Å². The van der Waals surface area contributed by atoms with Crippen LogP contribution in [0.25, 0.3) is 0 Å². The zero-order chi connectivity index (χ0) is 13.2. The Balaban J connectivity index is 2.04. The van der Waals surface area contributed by atoms with E-state index in [4.69, 9.17) is 10.5 Å². The molecule has 98 valence electrons. The van der Waals surface area contributed by atoms with Crippen LogP contribution in [0, 0.1) is 0 Å². The van der Waals surface area contributed by atoms with E-state index in [1.165, 1.54) is 11.6 Å². The van der Waals surface area contributed by atoms with Gasteiger partial charge in [0.1, 0.15) is 0 Å². The number of esters is 1. The molecule has 0 fully saturated rings. The van der Waals surface area contributed by atoms with Crippen molar-refractivity contribution in [2.45, 2.75) is 32.1 Å². The Bertz CT molecular complexity index is 388. The maximum Gasteiger partial charge on any atom is 0.330 e. The van der Waals surface area contributed by atoms with Crippen LogP contribution >= 0.6 is 0 Å². The molecule has 18 heavy (non-hydrogen) atoms. The fraction of sp³-hybridized carbons (Fsp3) is 0.400. The molecule has 3 nitrogen and oxygen atoms in total. The van der Waals surface area contributed by atoms with Crippen molar-refractivity contribution < 1.29 is 9.53 Å². The summed E-state index contributed by atoms with van der Waals surface area (Å²) in [5.41, 5.74) is 7.96. The minimum absolute atomic E-state index is 0.341. The molecule has 0 bridgehead atoms. The van der Waals surface area contributed by atoms with Crippen molar-refractivity contribution in [2.24, 2.45) is 0 Å². The molecular weight excluding hydrogens is 226 g/mol. The number of aryl methyl sites for hydroxylation is 1. The maximum absolute atomic E-state index is 10.8. The highest BCUT2D eigenvalue weighted by molar-refractivity contribution is 5.81. The zero-order valence-corrected chi connectivity index (χ0v) is 10.7. The van der Waals surface area contributed by atoms with Gasteiger partial charge in [-0.3, -0.25) is 0 Å². The van der Waals surface area contributed by atoms with Gasteiger partial charge in [0.2, 0.25) is 0 Å². The number of carbonyl (C=O) groups excluding carboxylic acids is 1. The molecule has 0 amide bonds. The molecule has 0 heterocycles. The van der Waals surface area contributed by atoms with Crippen LogP contribution in [0.5, 0.6) is 0 Å². The van der Waals surface area contributed by atoms with E-state index < -0.39 is 0 Å². The number of unbranched alkanes of at least 4 members (excludes halogenated alkanes) is 3. The van der Waals surface area contributed by atoms with Crippen LogP contribution in [0.1, 0.15) is 31.2 Å².